The predicted octanol–water partition coefficient (Wildman–Crippen LogP) is 2.89. The minimum absolute atomic E-state index is 0.0636. The zero-order valence-corrected chi connectivity index (χ0v) is 9.60. The average Bonchev–Trinajstić information content (AvgIpc) is 2.18. The Morgan fingerprint density at radius 1 is 1.50 bits per heavy atom. The molecule has 1 nitrogen and oxygen atoms in total. The van der Waals surface area contributed by atoms with Crippen LogP contribution in [-0.2, 0) is 17.6 Å². The summed E-state index contributed by atoms with van der Waals surface area (Å²) in [6.45, 7) is 1.90. The van der Waals surface area contributed by atoms with Gasteiger partial charge >= 0.3 is 0 Å². The van der Waals surface area contributed by atoms with Gasteiger partial charge in [0.05, 0.1) is 5.33 Å². The molecule has 0 heterocycles. The van der Waals surface area contributed by atoms with Crippen LogP contribution in [0.4, 0.5) is 4.39 Å². The van der Waals surface area contributed by atoms with Gasteiger partial charge in [0.1, 0.15) is 11.6 Å². The van der Waals surface area contributed by atoms with Gasteiger partial charge in [-0.3, -0.25) is 4.79 Å². The lowest BCUT2D eigenvalue weighted by Gasteiger charge is -2.02. The second-order valence-electron chi connectivity index (χ2n) is 3.13. The summed E-state index contributed by atoms with van der Waals surface area (Å²) in [5.74, 6) is -0.152. The quantitative estimate of drug-likeness (QED) is 0.760. The molecule has 0 atom stereocenters. The van der Waals surface area contributed by atoms with Crippen LogP contribution in [0.2, 0.25) is 0 Å². The monoisotopic (exact) mass is 258 g/mol. The molecule has 0 spiro atoms. The molecule has 0 aromatic heterocycles. The molecular formula is C11H12BrFO. The van der Waals surface area contributed by atoms with Gasteiger partial charge in [0, 0.05) is 6.42 Å². The summed E-state index contributed by atoms with van der Waals surface area (Å²) in [5.41, 5.74) is 1.43. The van der Waals surface area contributed by atoms with E-state index in [2.05, 4.69) is 15.9 Å². The number of Topliss-reactive ketones (excluding diaryl/α,β-unsaturated/α-hetero) is 1. The third-order valence-corrected chi connectivity index (χ3v) is 2.67. The van der Waals surface area contributed by atoms with E-state index in [1.807, 2.05) is 13.0 Å². The van der Waals surface area contributed by atoms with E-state index in [1.165, 1.54) is 6.07 Å². The highest BCUT2D eigenvalue weighted by Crippen LogP contribution is 2.12. The van der Waals surface area contributed by atoms with Crippen molar-refractivity contribution in [2.45, 2.75) is 19.8 Å². The van der Waals surface area contributed by atoms with E-state index < -0.39 is 0 Å². The molecule has 0 unspecified atom stereocenters. The number of aryl methyl sites for hydroxylation is 1. The van der Waals surface area contributed by atoms with Gasteiger partial charge in [0.25, 0.3) is 0 Å². The fourth-order valence-corrected chi connectivity index (χ4v) is 1.46. The standard InChI is InChI=1S/C11H12BrFO/c1-2-9-4-3-8(6-11(9)13)5-10(14)7-12/h3-4,6H,2,5,7H2,1H3. The SMILES string of the molecule is CCc1ccc(CC(=O)CBr)cc1F. The number of rotatable bonds is 4. The van der Waals surface area contributed by atoms with Crippen LogP contribution >= 0.6 is 15.9 Å². The normalized spacial score (nSPS) is 10.2. The first kappa shape index (κ1) is 11.4. The molecule has 0 saturated carbocycles. The summed E-state index contributed by atoms with van der Waals surface area (Å²) in [7, 11) is 0. The minimum Gasteiger partial charge on any atom is -0.298 e. The summed E-state index contributed by atoms with van der Waals surface area (Å²) < 4.78 is 13.3. The molecule has 0 N–H and O–H groups in total. The van der Waals surface area contributed by atoms with E-state index in [-0.39, 0.29) is 11.6 Å². The van der Waals surface area contributed by atoms with Crippen molar-refractivity contribution in [2.24, 2.45) is 0 Å². The molecule has 0 fully saturated rings. The summed E-state index contributed by atoms with van der Waals surface area (Å²) in [6.07, 6.45) is 0.977. The van der Waals surface area contributed by atoms with Crippen molar-refractivity contribution in [1.29, 1.82) is 0 Å². The summed E-state index contributed by atoms with van der Waals surface area (Å²) in [4.78, 5) is 11.1. The van der Waals surface area contributed by atoms with Crippen LogP contribution in [0, 0.1) is 5.82 Å². The van der Waals surface area contributed by atoms with Crippen LogP contribution in [0.15, 0.2) is 18.2 Å². The Hall–Kier alpha value is -0.700. The van der Waals surface area contributed by atoms with E-state index in [0.717, 1.165) is 5.56 Å². The molecule has 14 heavy (non-hydrogen) atoms. The average molecular weight is 259 g/mol. The lowest BCUT2D eigenvalue weighted by Crippen LogP contribution is -2.04. The fraction of sp³-hybridized carbons (Fsp3) is 0.364. The van der Waals surface area contributed by atoms with Crippen molar-refractivity contribution >= 4 is 21.7 Å². The van der Waals surface area contributed by atoms with E-state index in [9.17, 15) is 9.18 Å². The topological polar surface area (TPSA) is 17.1 Å². The molecule has 0 aliphatic carbocycles. The summed E-state index contributed by atoms with van der Waals surface area (Å²) in [5, 5.41) is 0.324. The Labute approximate surface area is 91.5 Å². The lowest BCUT2D eigenvalue weighted by atomic mass is 10.1. The van der Waals surface area contributed by atoms with E-state index in [0.29, 0.717) is 23.7 Å². The van der Waals surface area contributed by atoms with Crippen LogP contribution in [0.3, 0.4) is 0 Å². The third kappa shape index (κ3) is 2.91. The van der Waals surface area contributed by atoms with Crippen molar-refractivity contribution < 1.29 is 9.18 Å². The van der Waals surface area contributed by atoms with Gasteiger partial charge in [-0.2, -0.15) is 0 Å². The number of halogens is 2. The fourth-order valence-electron chi connectivity index (χ4n) is 1.26. The van der Waals surface area contributed by atoms with Crippen molar-refractivity contribution in [3.05, 3.63) is 35.1 Å². The van der Waals surface area contributed by atoms with Gasteiger partial charge in [-0.05, 0) is 23.6 Å². The van der Waals surface area contributed by atoms with E-state index in [1.54, 1.807) is 6.07 Å². The minimum atomic E-state index is -0.215. The van der Waals surface area contributed by atoms with Crippen molar-refractivity contribution in [3.63, 3.8) is 0 Å². The molecule has 1 rings (SSSR count). The number of hydrogen-bond acceptors (Lipinski definition) is 1. The van der Waals surface area contributed by atoms with Gasteiger partial charge in [-0.1, -0.05) is 35.0 Å². The van der Waals surface area contributed by atoms with Crippen LogP contribution in [0.1, 0.15) is 18.1 Å². The maximum Gasteiger partial charge on any atom is 0.147 e. The van der Waals surface area contributed by atoms with Crippen molar-refractivity contribution in [1.82, 2.24) is 0 Å². The van der Waals surface area contributed by atoms with Crippen LogP contribution in [-0.4, -0.2) is 11.1 Å². The summed E-state index contributed by atoms with van der Waals surface area (Å²) >= 11 is 3.08. The Morgan fingerprint density at radius 2 is 2.21 bits per heavy atom. The zero-order valence-electron chi connectivity index (χ0n) is 8.02. The van der Waals surface area contributed by atoms with Crippen molar-refractivity contribution in [3.8, 4) is 0 Å². The maximum absolute atomic E-state index is 13.3. The molecule has 0 saturated heterocycles. The first-order chi connectivity index (χ1) is 6.67. The molecule has 0 amide bonds. The molecule has 0 radical (unpaired) electrons. The first-order valence-electron chi connectivity index (χ1n) is 4.52. The van der Waals surface area contributed by atoms with Crippen molar-refractivity contribution in [2.75, 3.05) is 5.33 Å². The van der Waals surface area contributed by atoms with Gasteiger partial charge in [0.15, 0.2) is 0 Å². The first-order valence-corrected chi connectivity index (χ1v) is 5.64. The lowest BCUT2D eigenvalue weighted by molar-refractivity contribution is -0.115. The van der Waals surface area contributed by atoms with Crippen LogP contribution in [0.25, 0.3) is 0 Å². The number of hydrogen-bond donors (Lipinski definition) is 0. The number of carbonyl (C=O) groups is 1. The second-order valence-corrected chi connectivity index (χ2v) is 3.69. The van der Waals surface area contributed by atoms with Crippen LogP contribution < -0.4 is 0 Å². The molecule has 1 aromatic rings. The van der Waals surface area contributed by atoms with E-state index in [4.69, 9.17) is 0 Å². The Bertz CT molecular complexity index is 336. The van der Waals surface area contributed by atoms with Gasteiger partial charge < -0.3 is 0 Å². The molecule has 0 aliphatic heterocycles. The molecule has 0 aliphatic rings. The molecule has 3 heteroatoms. The highest BCUT2D eigenvalue weighted by molar-refractivity contribution is 9.09. The number of alkyl halides is 1. The van der Waals surface area contributed by atoms with Gasteiger partial charge in [-0.15, -0.1) is 0 Å². The Kier molecular flexibility index (Phi) is 4.26. The number of benzene rings is 1. The highest BCUT2D eigenvalue weighted by atomic mass is 79.9. The summed E-state index contributed by atoms with van der Waals surface area (Å²) in [6, 6.07) is 4.99. The highest BCUT2D eigenvalue weighted by Gasteiger charge is 2.05. The third-order valence-electron chi connectivity index (χ3n) is 2.05. The smallest absolute Gasteiger partial charge is 0.147 e. The predicted molar refractivity (Wildman–Crippen MR) is 58.3 cm³/mol. The zero-order chi connectivity index (χ0) is 10.6. The Morgan fingerprint density at radius 3 is 2.71 bits per heavy atom. The second kappa shape index (κ2) is 5.25. The van der Waals surface area contributed by atoms with E-state index >= 15 is 0 Å². The Balaban J connectivity index is 2.81. The molecule has 0 bridgehead atoms. The number of ketones is 1. The number of carbonyl (C=O) groups excluding carboxylic acids is 1. The largest absolute Gasteiger partial charge is 0.298 e. The van der Waals surface area contributed by atoms with Gasteiger partial charge in [-0.25, -0.2) is 4.39 Å². The van der Waals surface area contributed by atoms with Crippen LogP contribution in [0.5, 0.6) is 0 Å². The molecule has 1 aromatic carbocycles. The molecular weight excluding hydrogens is 247 g/mol. The van der Waals surface area contributed by atoms with Gasteiger partial charge in [0.2, 0.25) is 0 Å². The maximum atomic E-state index is 13.3. The molecule has 76 valence electrons.